The number of rotatable bonds is 4. The highest BCUT2D eigenvalue weighted by molar-refractivity contribution is 5.94. The molecule has 0 radical (unpaired) electrons. The number of carbonyl (C=O) groups is 2. The number of aliphatic hydroxyl groups excluding tert-OH is 3. The first kappa shape index (κ1) is 18.6. The van der Waals surface area contributed by atoms with Crippen LogP contribution in [-0.4, -0.2) is 33.2 Å². The van der Waals surface area contributed by atoms with Crippen molar-refractivity contribution in [3.63, 3.8) is 0 Å². The van der Waals surface area contributed by atoms with Crippen LogP contribution in [0.15, 0.2) is 36.4 Å². The summed E-state index contributed by atoms with van der Waals surface area (Å²) in [4.78, 5) is 23.2. The second-order valence-electron chi connectivity index (χ2n) is 7.22. The molecule has 0 aliphatic carbocycles. The number of amides is 2. The van der Waals surface area contributed by atoms with Crippen LogP contribution in [0.5, 0.6) is 0 Å². The molecule has 0 saturated heterocycles. The first-order chi connectivity index (χ1) is 13.5. The minimum Gasteiger partial charge on any atom is -0.387 e. The summed E-state index contributed by atoms with van der Waals surface area (Å²) in [5, 5.41) is 37.8. The van der Waals surface area contributed by atoms with E-state index in [1.54, 1.807) is 36.4 Å². The van der Waals surface area contributed by atoms with Gasteiger partial charge in [0.2, 0.25) is 11.8 Å². The topological polar surface area (TPSA) is 119 Å². The Labute approximate surface area is 162 Å². The van der Waals surface area contributed by atoms with Gasteiger partial charge in [-0.15, -0.1) is 0 Å². The van der Waals surface area contributed by atoms with Gasteiger partial charge >= 0.3 is 0 Å². The van der Waals surface area contributed by atoms with Crippen molar-refractivity contribution in [1.29, 1.82) is 0 Å². The fourth-order valence-corrected chi connectivity index (χ4v) is 4.00. The van der Waals surface area contributed by atoms with Gasteiger partial charge in [0.25, 0.3) is 0 Å². The summed E-state index contributed by atoms with van der Waals surface area (Å²) in [6, 6.07) is 10.3. The van der Waals surface area contributed by atoms with Gasteiger partial charge in [0.15, 0.2) is 0 Å². The number of nitrogens with one attached hydrogen (secondary N) is 2. The minimum atomic E-state index is -1.46. The van der Waals surface area contributed by atoms with Gasteiger partial charge in [-0.1, -0.05) is 24.3 Å². The van der Waals surface area contributed by atoms with Crippen LogP contribution in [0.3, 0.4) is 0 Å². The van der Waals surface area contributed by atoms with E-state index >= 15 is 0 Å². The van der Waals surface area contributed by atoms with E-state index in [-0.39, 0.29) is 11.8 Å². The summed E-state index contributed by atoms with van der Waals surface area (Å²) in [6.07, 6.45) is -2.58. The first-order valence-corrected chi connectivity index (χ1v) is 9.33. The molecule has 0 spiro atoms. The van der Waals surface area contributed by atoms with E-state index in [0.29, 0.717) is 48.2 Å². The van der Waals surface area contributed by atoms with Gasteiger partial charge in [-0.25, -0.2) is 0 Å². The third kappa shape index (κ3) is 3.28. The molecule has 2 unspecified atom stereocenters. The molecule has 4 rings (SSSR count). The predicted molar refractivity (Wildman–Crippen MR) is 103 cm³/mol. The van der Waals surface area contributed by atoms with Crippen LogP contribution in [0.4, 0.5) is 11.4 Å². The average Bonchev–Trinajstić information content (AvgIpc) is 2.70. The SMILES string of the molecule is O=C1CCc2c(cccc2C(O)C(O)C(O)c2cccc3c2CCC(=O)N3)N1. The Morgan fingerprint density at radius 3 is 1.54 bits per heavy atom. The molecular weight excluding hydrogens is 360 g/mol. The zero-order valence-electron chi connectivity index (χ0n) is 15.2. The molecule has 2 aliphatic heterocycles. The molecule has 7 nitrogen and oxygen atoms in total. The molecular formula is C21H22N2O5. The van der Waals surface area contributed by atoms with E-state index in [1.807, 2.05) is 0 Å². The summed E-state index contributed by atoms with van der Waals surface area (Å²) in [7, 11) is 0. The van der Waals surface area contributed by atoms with Crippen molar-refractivity contribution in [2.24, 2.45) is 0 Å². The number of carbonyl (C=O) groups excluding carboxylic acids is 2. The van der Waals surface area contributed by atoms with Gasteiger partial charge in [-0.3, -0.25) is 9.59 Å². The van der Waals surface area contributed by atoms with Crippen LogP contribution < -0.4 is 10.6 Å². The highest BCUT2D eigenvalue weighted by Crippen LogP contribution is 2.37. The normalized spacial score (nSPS) is 19.0. The predicted octanol–water partition coefficient (Wildman–Crippen LogP) is 1.58. The van der Waals surface area contributed by atoms with Crippen LogP contribution >= 0.6 is 0 Å². The fraction of sp³-hybridized carbons (Fsp3) is 0.333. The Morgan fingerprint density at radius 1 is 0.679 bits per heavy atom. The van der Waals surface area contributed by atoms with Gasteiger partial charge in [0.1, 0.15) is 18.3 Å². The standard InChI is InChI=1S/C21H22N2O5/c24-17-9-7-11-13(3-1-5-15(11)22-17)19(26)21(28)20(27)14-4-2-6-16-12(14)8-10-18(25)23-16/h1-6,19-21,26-28H,7-10H2,(H,22,24)(H,23,25). The van der Waals surface area contributed by atoms with Gasteiger partial charge in [-0.2, -0.15) is 0 Å². The van der Waals surface area contributed by atoms with E-state index in [4.69, 9.17) is 0 Å². The molecule has 2 aromatic carbocycles. The van der Waals surface area contributed by atoms with Crippen LogP contribution in [0, 0.1) is 0 Å². The van der Waals surface area contributed by atoms with Gasteiger partial charge in [-0.05, 0) is 47.2 Å². The summed E-state index contributed by atoms with van der Waals surface area (Å²) in [5.41, 5.74) is 3.75. The monoisotopic (exact) mass is 382 g/mol. The molecule has 2 amide bonds. The maximum absolute atomic E-state index is 11.6. The number of hydrogen-bond donors (Lipinski definition) is 5. The summed E-state index contributed by atoms with van der Waals surface area (Å²) >= 11 is 0. The molecule has 2 aromatic rings. The second kappa shape index (κ2) is 7.35. The van der Waals surface area contributed by atoms with Crippen molar-refractivity contribution in [3.05, 3.63) is 58.7 Å². The molecule has 5 N–H and O–H groups in total. The number of benzene rings is 2. The Hall–Kier alpha value is -2.74. The molecule has 0 fully saturated rings. The maximum atomic E-state index is 11.6. The Morgan fingerprint density at radius 2 is 1.11 bits per heavy atom. The van der Waals surface area contributed by atoms with E-state index in [9.17, 15) is 24.9 Å². The lowest BCUT2D eigenvalue weighted by molar-refractivity contribution is -0.117. The fourth-order valence-electron chi connectivity index (χ4n) is 4.00. The lowest BCUT2D eigenvalue weighted by Gasteiger charge is -2.29. The molecule has 0 saturated carbocycles. The average molecular weight is 382 g/mol. The number of anilines is 2. The summed E-state index contributed by atoms with van der Waals surface area (Å²) in [5.74, 6) is -0.171. The largest absolute Gasteiger partial charge is 0.387 e. The Bertz CT molecular complexity index is 867. The molecule has 2 heterocycles. The zero-order valence-corrected chi connectivity index (χ0v) is 15.2. The van der Waals surface area contributed by atoms with Gasteiger partial charge in [0.05, 0.1) is 0 Å². The van der Waals surface area contributed by atoms with E-state index in [0.717, 1.165) is 11.1 Å². The van der Waals surface area contributed by atoms with Crippen LogP contribution in [0.2, 0.25) is 0 Å². The van der Waals surface area contributed by atoms with E-state index in [2.05, 4.69) is 10.6 Å². The Balaban J connectivity index is 1.63. The smallest absolute Gasteiger partial charge is 0.224 e. The van der Waals surface area contributed by atoms with Crippen molar-refractivity contribution >= 4 is 23.2 Å². The maximum Gasteiger partial charge on any atom is 0.224 e. The highest BCUT2D eigenvalue weighted by atomic mass is 16.4. The minimum absolute atomic E-state index is 0.0855. The lowest BCUT2D eigenvalue weighted by Crippen LogP contribution is -2.30. The third-order valence-electron chi connectivity index (χ3n) is 5.46. The van der Waals surface area contributed by atoms with Crippen molar-refractivity contribution in [2.75, 3.05) is 10.6 Å². The molecule has 146 valence electrons. The van der Waals surface area contributed by atoms with Crippen LogP contribution in [0.1, 0.15) is 47.3 Å². The van der Waals surface area contributed by atoms with Crippen molar-refractivity contribution in [3.8, 4) is 0 Å². The van der Waals surface area contributed by atoms with E-state index in [1.165, 1.54) is 0 Å². The number of hydrogen-bond acceptors (Lipinski definition) is 5. The van der Waals surface area contributed by atoms with Crippen molar-refractivity contribution in [1.82, 2.24) is 0 Å². The van der Waals surface area contributed by atoms with Crippen LogP contribution in [0.25, 0.3) is 0 Å². The van der Waals surface area contributed by atoms with Crippen molar-refractivity contribution < 1.29 is 24.9 Å². The quantitative estimate of drug-likeness (QED) is 0.550. The van der Waals surface area contributed by atoms with Gasteiger partial charge < -0.3 is 26.0 Å². The summed E-state index contributed by atoms with van der Waals surface area (Å²) in [6.45, 7) is 0. The molecule has 7 heteroatoms. The third-order valence-corrected chi connectivity index (χ3v) is 5.46. The summed E-state index contributed by atoms with van der Waals surface area (Å²) < 4.78 is 0. The Kier molecular flexibility index (Phi) is 4.89. The lowest BCUT2D eigenvalue weighted by atomic mass is 9.87. The second-order valence-corrected chi connectivity index (χ2v) is 7.22. The van der Waals surface area contributed by atoms with E-state index < -0.39 is 18.3 Å². The highest BCUT2D eigenvalue weighted by Gasteiger charge is 2.32. The van der Waals surface area contributed by atoms with Gasteiger partial charge in [0, 0.05) is 24.2 Å². The first-order valence-electron chi connectivity index (χ1n) is 9.33. The van der Waals surface area contributed by atoms with Crippen LogP contribution in [-0.2, 0) is 22.4 Å². The molecule has 28 heavy (non-hydrogen) atoms. The molecule has 0 aromatic heterocycles. The molecule has 2 aliphatic rings. The van der Waals surface area contributed by atoms with Crippen molar-refractivity contribution in [2.45, 2.75) is 44.0 Å². The molecule has 0 bridgehead atoms. The molecule has 2 atom stereocenters. The number of fused-ring (bicyclic) bond motifs is 2. The number of aliphatic hydroxyl groups is 3. The zero-order chi connectivity index (χ0) is 19.8.